The minimum atomic E-state index is -0.951. The Morgan fingerprint density at radius 1 is 0.755 bits per heavy atom. The number of rotatable bonds is 19. The van der Waals surface area contributed by atoms with Crippen LogP contribution in [0.4, 0.5) is 0 Å². The van der Waals surface area contributed by atoms with Gasteiger partial charge in [-0.1, -0.05) is 74.5 Å². The Kier molecular flexibility index (Phi) is 16.2. The van der Waals surface area contributed by atoms with E-state index in [-0.39, 0.29) is 29.8 Å². The van der Waals surface area contributed by atoms with Gasteiger partial charge < -0.3 is 38.1 Å². The fraction of sp³-hybridized carbons (Fsp3) is 0.575. The Morgan fingerprint density at radius 3 is 1.94 bits per heavy atom. The van der Waals surface area contributed by atoms with Gasteiger partial charge in [0.2, 0.25) is 29.5 Å². The van der Waals surface area contributed by atoms with Crippen molar-refractivity contribution in [3.05, 3.63) is 71.8 Å². The van der Waals surface area contributed by atoms with Crippen LogP contribution in [-0.4, -0.2) is 102 Å². The molecule has 2 aromatic carbocycles. The topological polar surface area (TPSA) is 206 Å². The molecule has 290 valence electrons. The second-order valence-electron chi connectivity index (χ2n) is 14.9. The highest BCUT2D eigenvalue weighted by molar-refractivity contribution is 5.95. The number of hydrogen-bond donors (Lipinski definition) is 6. The summed E-state index contributed by atoms with van der Waals surface area (Å²) in [4.78, 5) is 71.0. The number of benzene rings is 2. The summed E-state index contributed by atoms with van der Waals surface area (Å²) in [6, 6.07) is 15.4. The minimum absolute atomic E-state index is 0.0368. The fourth-order valence-corrected chi connectivity index (χ4v) is 7.46. The maximum atomic E-state index is 14.0. The lowest BCUT2D eigenvalue weighted by molar-refractivity contribution is -0.139. The Bertz CT molecular complexity index is 1480. The number of amides is 5. The third kappa shape index (κ3) is 12.6. The normalized spacial score (nSPS) is 18.9. The molecule has 0 aromatic heterocycles. The highest BCUT2D eigenvalue weighted by Crippen LogP contribution is 2.26. The van der Waals surface area contributed by atoms with Crippen LogP contribution >= 0.6 is 0 Å². The van der Waals surface area contributed by atoms with Gasteiger partial charge in [0.25, 0.3) is 0 Å². The van der Waals surface area contributed by atoms with E-state index in [9.17, 15) is 24.0 Å². The van der Waals surface area contributed by atoms with E-state index in [2.05, 4.69) is 20.9 Å². The Balaban J connectivity index is 1.43. The molecule has 5 atom stereocenters. The summed E-state index contributed by atoms with van der Waals surface area (Å²) in [5, 5.41) is 8.72. The Hall–Kier alpha value is -4.33. The highest BCUT2D eigenvalue weighted by atomic mass is 16.2. The second kappa shape index (κ2) is 20.8. The van der Waals surface area contributed by atoms with Crippen LogP contribution in [0.2, 0.25) is 0 Å². The van der Waals surface area contributed by atoms with Crippen molar-refractivity contribution in [2.24, 2.45) is 23.1 Å². The molecule has 2 aromatic rings. The van der Waals surface area contributed by atoms with E-state index in [1.54, 1.807) is 4.90 Å². The van der Waals surface area contributed by atoms with Gasteiger partial charge in [-0.2, -0.15) is 0 Å². The first kappa shape index (κ1) is 41.4. The standard InChI is InChI=1S/C40H60N8O5/c1-27(2)25-34(39(52)45-33(15-9-21-41)40(53)47-23-19-30(20-24-47)48-22-10-16-35(48)36(43)49)46-38(51)32(18-17-28-11-5-3-6-12-28)44-37(50)31(42)26-29-13-7-4-8-14-29/h3-8,11-14,27,30-35H,9-10,15-26,41-42H2,1-2H3,(H2,43,49)(H,44,50)(H,45,52)(H,46,51)/t31-,32-,33-,34-,35+/m1/s1. The number of hydrogen-bond acceptors (Lipinski definition) is 8. The molecule has 13 nitrogen and oxygen atoms in total. The lowest BCUT2D eigenvalue weighted by atomic mass is 9.99. The van der Waals surface area contributed by atoms with Crippen LogP contribution in [0.5, 0.6) is 0 Å². The summed E-state index contributed by atoms with van der Waals surface area (Å²) in [5.41, 5.74) is 19.7. The van der Waals surface area contributed by atoms with E-state index in [4.69, 9.17) is 17.2 Å². The van der Waals surface area contributed by atoms with E-state index in [0.717, 1.165) is 30.5 Å². The molecular formula is C40H60N8O5. The first-order chi connectivity index (χ1) is 25.5. The van der Waals surface area contributed by atoms with Gasteiger partial charge in [0.05, 0.1) is 12.1 Å². The zero-order valence-electron chi connectivity index (χ0n) is 31.4. The van der Waals surface area contributed by atoms with Gasteiger partial charge in [0, 0.05) is 19.1 Å². The molecule has 2 aliphatic heterocycles. The van der Waals surface area contributed by atoms with Gasteiger partial charge in [0.1, 0.15) is 18.1 Å². The fourth-order valence-electron chi connectivity index (χ4n) is 7.46. The van der Waals surface area contributed by atoms with Crippen molar-refractivity contribution >= 4 is 29.5 Å². The molecule has 4 rings (SSSR count). The molecule has 0 unspecified atom stereocenters. The third-order valence-corrected chi connectivity index (χ3v) is 10.4. The maximum absolute atomic E-state index is 14.0. The molecule has 0 saturated carbocycles. The van der Waals surface area contributed by atoms with Crippen LogP contribution in [0.15, 0.2) is 60.7 Å². The molecule has 5 amide bonds. The number of primary amides is 1. The van der Waals surface area contributed by atoms with E-state index >= 15 is 0 Å². The Labute approximate surface area is 314 Å². The largest absolute Gasteiger partial charge is 0.368 e. The van der Waals surface area contributed by atoms with Crippen LogP contribution in [0.25, 0.3) is 0 Å². The zero-order valence-corrected chi connectivity index (χ0v) is 31.4. The van der Waals surface area contributed by atoms with Gasteiger partial charge >= 0.3 is 0 Å². The van der Waals surface area contributed by atoms with Crippen molar-refractivity contribution < 1.29 is 24.0 Å². The number of aryl methyl sites for hydroxylation is 1. The number of nitrogens with one attached hydrogen (secondary N) is 3. The summed E-state index contributed by atoms with van der Waals surface area (Å²) in [6.07, 6.45) is 5.43. The average Bonchev–Trinajstić information content (AvgIpc) is 3.66. The van der Waals surface area contributed by atoms with Gasteiger partial charge in [-0.05, 0) is 94.3 Å². The monoisotopic (exact) mass is 732 g/mol. The molecule has 2 fully saturated rings. The SMILES string of the molecule is CC(C)C[C@@H](NC(=O)[C@@H](CCc1ccccc1)NC(=O)[C@H](N)Cc1ccccc1)C(=O)N[C@H](CCCN)C(=O)N1CCC(N2CCC[C@H]2C(N)=O)CC1. The molecule has 0 bridgehead atoms. The first-order valence-corrected chi connectivity index (χ1v) is 19.2. The molecule has 2 heterocycles. The summed E-state index contributed by atoms with van der Waals surface area (Å²) in [6.45, 7) is 6.08. The molecule has 53 heavy (non-hydrogen) atoms. The number of carbonyl (C=O) groups is 5. The predicted molar refractivity (Wildman–Crippen MR) is 205 cm³/mol. The van der Waals surface area contributed by atoms with Gasteiger partial charge in [-0.15, -0.1) is 0 Å². The van der Waals surface area contributed by atoms with Crippen LogP contribution in [0, 0.1) is 5.92 Å². The van der Waals surface area contributed by atoms with E-state index in [1.165, 1.54) is 0 Å². The van der Waals surface area contributed by atoms with Crippen molar-refractivity contribution in [3.63, 3.8) is 0 Å². The molecular weight excluding hydrogens is 672 g/mol. The van der Waals surface area contributed by atoms with E-state index in [1.807, 2.05) is 74.5 Å². The highest BCUT2D eigenvalue weighted by Gasteiger charge is 2.38. The van der Waals surface area contributed by atoms with Crippen molar-refractivity contribution in [3.8, 4) is 0 Å². The molecule has 0 radical (unpaired) electrons. The van der Waals surface area contributed by atoms with Crippen LogP contribution in [-0.2, 0) is 36.8 Å². The Morgan fingerprint density at radius 2 is 1.34 bits per heavy atom. The minimum Gasteiger partial charge on any atom is -0.368 e. The van der Waals surface area contributed by atoms with Gasteiger partial charge in [0.15, 0.2) is 0 Å². The first-order valence-electron chi connectivity index (χ1n) is 19.2. The average molecular weight is 733 g/mol. The number of nitrogens with two attached hydrogens (primary N) is 3. The van der Waals surface area contributed by atoms with Crippen LogP contribution < -0.4 is 33.2 Å². The molecule has 9 N–H and O–H groups in total. The third-order valence-electron chi connectivity index (χ3n) is 10.4. The number of nitrogens with zero attached hydrogens (tertiary/aromatic N) is 2. The second-order valence-corrected chi connectivity index (χ2v) is 14.9. The van der Waals surface area contributed by atoms with Crippen molar-refractivity contribution in [1.29, 1.82) is 0 Å². The predicted octanol–water partition coefficient (Wildman–Crippen LogP) is 1.37. The summed E-state index contributed by atoms with van der Waals surface area (Å²) in [5.74, 6) is -1.87. The molecule has 0 spiro atoms. The molecule has 13 heteroatoms. The van der Waals surface area contributed by atoms with E-state index in [0.29, 0.717) is 71.0 Å². The van der Waals surface area contributed by atoms with Gasteiger partial charge in [-0.3, -0.25) is 28.9 Å². The summed E-state index contributed by atoms with van der Waals surface area (Å²) in [7, 11) is 0. The summed E-state index contributed by atoms with van der Waals surface area (Å²) >= 11 is 0. The molecule has 0 aliphatic carbocycles. The van der Waals surface area contributed by atoms with Gasteiger partial charge in [-0.25, -0.2) is 0 Å². The van der Waals surface area contributed by atoms with Crippen molar-refractivity contribution in [2.45, 2.75) is 114 Å². The number of carbonyl (C=O) groups excluding carboxylic acids is 5. The lowest BCUT2D eigenvalue weighted by Gasteiger charge is -2.39. The maximum Gasteiger partial charge on any atom is 0.245 e. The zero-order chi connectivity index (χ0) is 38.3. The van der Waals surface area contributed by atoms with E-state index < -0.39 is 41.9 Å². The smallest absolute Gasteiger partial charge is 0.245 e. The lowest BCUT2D eigenvalue weighted by Crippen LogP contribution is -2.59. The van der Waals surface area contributed by atoms with Crippen LogP contribution in [0.3, 0.4) is 0 Å². The molecule has 2 saturated heterocycles. The quantitative estimate of drug-likeness (QED) is 0.124. The number of piperidine rings is 1. The van der Waals surface area contributed by atoms with Crippen molar-refractivity contribution in [2.75, 3.05) is 26.2 Å². The van der Waals surface area contributed by atoms with Crippen LogP contribution in [0.1, 0.15) is 76.3 Å². The molecule has 2 aliphatic rings. The number of likely N-dealkylation sites (tertiary alicyclic amines) is 2. The van der Waals surface area contributed by atoms with Crippen molar-refractivity contribution in [1.82, 2.24) is 25.8 Å². The summed E-state index contributed by atoms with van der Waals surface area (Å²) < 4.78 is 0.